The number of alkyl halides is 1. The van der Waals surface area contributed by atoms with Crippen LogP contribution >= 0.6 is 15.9 Å². The van der Waals surface area contributed by atoms with Crippen molar-refractivity contribution < 1.29 is 10.0 Å². The molecular weight excluding hydrogens is 250 g/mol. The monoisotopic (exact) mass is 255 g/mol. The second-order valence-electron chi connectivity index (χ2n) is 2.40. The highest BCUT2D eigenvalue weighted by molar-refractivity contribution is 9.09. The summed E-state index contributed by atoms with van der Waals surface area (Å²) in [6, 6.07) is 4.03. The van der Waals surface area contributed by atoms with Gasteiger partial charge in [-0.3, -0.25) is 10.1 Å². The molecule has 0 amide bonds. The highest BCUT2D eigenvalue weighted by Crippen LogP contribution is 2.25. The first-order valence-corrected chi connectivity index (χ1v) is 4.79. The maximum Gasteiger partial charge on any atom is 0.311 e. The number of hydrogen-bond acceptors (Lipinski definition) is 3. The van der Waals surface area contributed by atoms with Gasteiger partial charge in [-0.25, -0.2) is 0 Å². The van der Waals surface area contributed by atoms with Crippen LogP contribution in [0.15, 0.2) is 18.2 Å². The first-order valence-electron chi connectivity index (χ1n) is 3.67. The molecular formula is C9H6BrNO3. The van der Waals surface area contributed by atoms with Crippen molar-refractivity contribution in [3.63, 3.8) is 0 Å². The van der Waals surface area contributed by atoms with Crippen molar-refractivity contribution in [3.05, 3.63) is 33.9 Å². The number of rotatable bonds is 1. The van der Waals surface area contributed by atoms with Gasteiger partial charge in [0.2, 0.25) is 0 Å². The zero-order valence-electron chi connectivity index (χ0n) is 7.03. The van der Waals surface area contributed by atoms with Crippen LogP contribution in [-0.2, 0) is 0 Å². The van der Waals surface area contributed by atoms with Gasteiger partial charge in [0, 0.05) is 11.6 Å². The van der Waals surface area contributed by atoms with E-state index in [1.54, 1.807) is 0 Å². The lowest BCUT2D eigenvalue weighted by atomic mass is 10.2. The minimum absolute atomic E-state index is 0.327. The molecule has 0 radical (unpaired) electrons. The molecule has 0 aliphatic heterocycles. The third-order valence-electron chi connectivity index (χ3n) is 1.47. The average Bonchev–Trinajstić information content (AvgIpc) is 2.16. The van der Waals surface area contributed by atoms with E-state index in [-0.39, 0.29) is 11.4 Å². The first-order chi connectivity index (χ1) is 6.65. The van der Waals surface area contributed by atoms with E-state index >= 15 is 0 Å². The minimum atomic E-state index is -0.644. The van der Waals surface area contributed by atoms with E-state index in [0.717, 1.165) is 0 Å². The van der Waals surface area contributed by atoms with Crippen LogP contribution in [-0.4, -0.2) is 15.4 Å². The van der Waals surface area contributed by atoms with Gasteiger partial charge in [-0.1, -0.05) is 27.8 Å². The van der Waals surface area contributed by atoms with Gasteiger partial charge in [-0.05, 0) is 12.1 Å². The van der Waals surface area contributed by atoms with E-state index in [1.807, 2.05) is 0 Å². The quantitative estimate of drug-likeness (QED) is 0.362. The molecule has 0 aliphatic rings. The fraction of sp³-hybridized carbons (Fsp3) is 0.111. The molecule has 0 saturated heterocycles. The minimum Gasteiger partial charge on any atom is -0.502 e. The van der Waals surface area contributed by atoms with Crippen LogP contribution in [0.5, 0.6) is 5.75 Å². The molecule has 0 atom stereocenters. The molecule has 14 heavy (non-hydrogen) atoms. The lowest BCUT2D eigenvalue weighted by molar-refractivity contribution is -0.385. The van der Waals surface area contributed by atoms with Gasteiger partial charge in [0.25, 0.3) is 0 Å². The molecule has 0 heterocycles. The zero-order chi connectivity index (χ0) is 10.6. The Morgan fingerprint density at radius 1 is 1.57 bits per heavy atom. The summed E-state index contributed by atoms with van der Waals surface area (Å²) in [4.78, 5) is 9.79. The lowest BCUT2D eigenvalue weighted by Gasteiger charge is -1.95. The number of aromatic hydroxyl groups is 1. The van der Waals surface area contributed by atoms with Gasteiger partial charge in [0.15, 0.2) is 5.75 Å². The number of nitro groups is 1. The number of hydrogen-bond donors (Lipinski definition) is 1. The largest absolute Gasteiger partial charge is 0.502 e. The smallest absolute Gasteiger partial charge is 0.311 e. The van der Waals surface area contributed by atoms with E-state index in [2.05, 4.69) is 27.8 Å². The standard InChI is InChI=1S/C9H6BrNO3/c10-5-1-2-7-3-4-9(12)8(6-7)11(13)14/h3-4,6,12H,5H2. The maximum absolute atomic E-state index is 10.4. The van der Waals surface area contributed by atoms with E-state index in [0.29, 0.717) is 10.9 Å². The number of halogens is 1. The van der Waals surface area contributed by atoms with Crippen LogP contribution in [0.2, 0.25) is 0 Å². The van der Waals surface area contributed by atoms with Crippen molar-refractivity contribution in [1.82, 2.24) is 0 Å². The van der Waals surface area contributed by atoms with Gasteiger partial charge in [0.05, 0.1) is 10.3 Å². The molecule has 0 spiro atoms. The van der Waals surface area contributed by atoms with Crippen LogP contribution < -0.4 is 0 Å². The van der Waals surface area contributed by atoms with Crippen molar-refractivity contribution in [3.8, 4) is 17.6 Å². The topological polar surface area (TPSA) is 63.4 Å². The maximum atomic E-state index is 10.4. The predicted octanol–water partition coefficient (Wildman–Crippen LogP) is 2.05. The molecule has 0 aliphatic carbocycles. The fourth-order valence-electron chi connectivity index (χ4n) is 0.883. The molecule has 72 valence electrons. The van der Waals surface area contributed by atoms with Gasteiger partial charge >= 0.3 is 5.69 Å². The summed E-state index contributed by atoms with van der Waals surface area (Å²) >= 11 is 3.11. The summed E-state index contributed by atoms with van der Waals surface area (Å²) in [6.07, 6.45) is 0. The van der Waals surface area contributed by atoms with E-state index < -0.39 is 4.92 Å². The van der Waals surface area contributed by atoms with Crippen LogP contribution in [0.4, 0.5) is 5.69 Å². The molecule has 1 rings (SSSR count). The Kier molecular flexibility index (Phi) is 3.48. The van der Waals surface area contributed by atoms with Crippen molar-refractivity contribution >= 4 is 21.6 Å². The SMILES string of the molecule is O=[N+]([O-])c1cc(C#CCBr)ccc1O. The fourth-order valence-corrected chi connectivity index (χ4v) is 1.02. The Labute approximate surface area is 88.8 Å². The van der Waals surface area contributed by atoms with E-state index in [1.165, 1.54) is 18.2 Å². The van der Waals surface area contributed by atoms with Crippen molar-refractivity contribution in [1.29, 1.82) is 0 Å². The number of phenols is 1. The highest BCUT2D eigenvalue weighted by Gasteiger charge is 2.12. The van der Waals surface area contributed by atoms with E-state index in [4.69, 9.17) is 5.11 Å². The number of nitro benzene ring substituents is 1. The summed E-state index contributed by atoms with van der Waals surface area (Å²) in [7, 11) is 0. The van der Waals surface area contributed by atoms with E-state index in [9.17, 15) is 10.1 Å². The summed E-state index contributed by atoms with van der Waals surface area (Å²) in [5, 5.41) is 20.1. The average molecular weight is 256 g/mol. The lowest BCUT2D eigenvalue weighted by Crippen LogP contribution is -1.89. The first kappa shape index (κ1) is 10.5. The Balaban J connectivity index is 3.13. The predicted molar refractivity (Wildman–Crippen MR) is 55.4 cm³/mol. The highest BCUT2D eigenvalue weighted by atomic mass is 79.9. The van der Waals surface area contributed by atoms with Crippen LogP contribution in [0, 0.1) is 22.0 Å². The normalized spacial score (nSPS) is 8.93. The number of phenolic OH excluding ortho intramolecular Hbond substituents is 1. The Hall–Kier alpha value is -1.54. The summed E-state index contributed by atoms with van der Waals surface area (Å²) in [5.74, 6) is 5.07. The van der Waals surface area contributed by atoms with Crippen LogP contribution in [0.1, 0.15) is 5.56 Å². The molecule has 1 aromatic rings. The molecule has 0 saturated carbocycles. The number of nitrogens with zero attached hydrogens (tertiary/aromatic N) is 1. The third kappa shape index (κ3) is 2.47. The van der Waals surface area contributed by atoms with Crippen molar-refractivity contribution in [2.75, 3.05) is 5.33 Å². The number of benzene rings is 1. The summed E-state index contributed by atoms with van der Waals surface area (Å²) in [6.45, 7) is 0. The molecule has 4 nitrogen and oxygen atoms in total. The molecule has 0 bridgehead atoms. The van der Waals surface area contributed by atoms with Gasteiger partial charge in [-0.2, -0.15) is 0 Å². The van der Waals surface area contributed by atoms with Crippen LogP contribution in [0.25, 0.3) is 0 Å². The zero-order valence-corrected chi connectivity index (χ0v) is 8.61. The second-order valence-corrected chi connectivity index (χ2v) is 2.96. The molecule has 1 N–H and O–H groups in total. The Bertz CT molecular complexity index is 420. The Morgan fingerprint density at radius 3 is 2.86 bits per heavy atom. The van der Waals surface area contributed by atoms with Gasteiger partial charge in [-0.15, -0.1) is 0 Å². The molecule has 0 unspecified atom stereocenters. The summed E-state index contributed by atoms with van der Waals surface area (Å²) in [5.41, 5.74) is 0.181. The molecule has 5 heteroatoms. The second kappa shape index (κ2) is 4.63. The van der Waals surface area contributed by atoms with Crippen LogP contribution in [0.3, 0.4) is 0 Å². The molecule has 0 aromatic heterocycles. The van der Waals surface area contributed by atoms with Gasteiger partial charge < -0.3 is 5.11 Å². The summed E-state index contributed by atoms with van der Waals surface area (Å²) < 4.78 is 0. The van der Waals surface area contributed by atoms with Crippen molar-refractivity contribution in [2.24, 2.45) is 0 Å². The molecule has 1 aromatic carbocycles. The van der Waals surface area contributed by atoms with Gasteiger partial charge in [0.1, 0.15) is 0 Å². The molecule has 0 fully saturated rings. The Morgan fingerprint density at radius 2 is 2.29 bits per heavy atom. The third-order valence-corrected chi connectivity index (χ3v) is 1.75. The van der Waals surface area contributed by atoms with Crippen molar-refractivity contribution in [2.45, 2.75) is 0 Å².